The summed E-state index contributed by atoms with van der Waals surface area (Å²) in [5.74, 6) is 0.0561. The average Bonchev–Trinajstić information content (AvgIpc) is 2.92. The molecular formula is C20H25N3O2. The first-order chi connectivity index (χ1) is 12.1. The van der Waals surface area contributed by atoms with Crippen LogP contribution in [0.5, 0.6) is 0 Å². The standard InChI is InChI=1S/C20H25N3O2/c1-14-17(23-20(25)21-14)11-3-2-4-13-19(24)22-18-12-7-9-15-8-5-6-10-16(15)18/h5-10,12,14,17H,2-4,11,13H2,1H3,(H,22,24)(H2,21,23,25)/t14-,17-/m0/s1. The van der Waals surface area contributed by atoms with Crippen LogP contribution in [-0.2, 0) is 4.79 Å². The minimum Gasteiger partial charge on any atom is -0.334 e. The number of fused-ring (bicyclic) bond motifs is 1. The number of carbonyl (C=O) groups is 2. The summed E-state index contributed by atoms with van der Waals surface area (Å²) in [6.45, 7) is 2.01. The van der Waals surface area contributed by atoms with Gasteiger partial charge >= 0.3 is 6.03 Å². The molecule has 5 nitrogen and oxygen atoms in total. The smallest absolute Gasteiger partial charge is 0.315 e. The van der Waals surface area contributed by atoms with E-state index < -0.39 is 0 Å². The summed E-state index contributed by atoms with van der Waals surface area (Å²) in [5.41, 5.74) is 0.872. The Balaban J connectivity index is 1.40. The van der Waals surface area contributed by atoms with Crippen molar-refractivity contribution in [1.29, 1.82) is 0 Å². The van der Waals surface area contributed by atoms with Gasteiger partial charge in [0.15, 0.2) is 0 Å². The lowest BCUT2D eigenvalue weighted by molar-refractivity contribution is -0.116. The lowest BCUT2D eigenvalue weighted by atomic mass is 10.0. The van der Waals surface area contributed by atoms with Crippen molar-refractivity contribution in [3.05, 3.63) is 42.5 Å². The summed E-state index contributed by atoms with van der Waals surface area (Å²) in [6.07, 6.45) is 4.33. The van der Waals surface area contributed by atoms with E-state index in [1.165, 1.54) is 0 Å². The molecule has 1 fully saturated rings. The highest BCUT2D eigenvalue weighted by molar-refractivity contribution is 6.02. The molecule has 0 radical (unpaired) electrons. The SMILES string of the molecule is C[C@@H]1NC(=O)N[C@H]1CCCCCC(=O)Nc1cccc2ccccc12. The Morgan fingerprint density at radius 2 is 1.84 bits per heavy atom. The van der Waals surface area contributed by atoms with Crippen molar-refractivity contribution in [3.63, 3.8) is 0 Å². The Hall–Kier alpha value is -2.56. The van der Waals surface area contributed by atoms with Gasteiger partial charge < -0.3 is 16.0 Å². The maximum absolute atomic E-state index is 12.2. The van der Waals surface area contributed by atoms with Gasteiger partial charge in [0.05, 0.1) is 6.04 Å². The van der Waals surface area contributed by atoms with Crippen LogP contribution < -0.4 is 16.0 Å². The first-order valence-electron chi connectivity index (χ1n) is 8.98. The molecular weight excluding hydrogens is 314 g/mol. The molecule has 0 saturated carbocycles. The minimum atomic E-state index is -0.0769. The van der Waals surface area contributed by atoms with E-state index in [4.69, 9.17) is 0 Å². The first kappa shape index (κ1) is 17.3. The van der Waals surface area contributed by atoms with Crippen molar-refractivity contribution in [2.24, 2.45) is 0 Å². The zero-order chi connectivity index (χ0) is 17.6. The van der Waals surface area contributed by atoms with E-state index in [1.807, 2.05) is 49.4 Å². The van der Waals surface area contributed by atoms with Gasteiger partial charge in [-0.25, -0.2) is 4.79 Å². The lowest BCUT2D eigenvalue weighted by Crippen LogP contribution is -2.30. The van der Waals surface area contributed by atoms with E-state index in [0.29, 0.717) is 6.42 Å². The van der Waals surface area contributed by atoms with Crippen molar-refractivity contribution >= 4 is 28.4 Å². The molecule has 5 heteroatoms. The zero-order valence-corrected chi connectivity index (χ0v) is 14.5. The van der Waals surface area contributed by atoms with Crippen LogP contribution in [0.3, 0.4) is 0 Å². The molecule has 0 unspecified atom stereocenters. The van der Waals surface area contributed by atoms with E-state index in [9.17, 15) is 9.59 Å². The second-order valence-corrected chi connectivity index (χ2v) is 6.69. The highest BCUT2D eigenvalue weighted by Crippen LogP contribution is 2.23. The number of urea groups is 1. The molecule has 3 rings (SSSR count). The summed E-state index contributed by atoms with van der Waals surface area (Å²) in [4.78, 5) is 23.4. The molecule has 2 atom stereocenters. The van der Waals surface area contributed by atoms with Gasteiger partial charge in [-0.1, -0.05) is 49.2 Å². The lowest BCUT2D eigenvalue weighted by Gasteiger charge is -2.13. The van der Waals surface area contributed by atoms with Gasteiger partial charge in [-0.05, 0) is 31.2 Å². The first-order valence-corrected chi connectivity index (χ1v) is 8.98. The van der Waals surface area contributed by atoms with E-state index in [0.717, 1.165) is 42.1 Å². The fourth-order valence-electron chi connectivity index (χ4n) is 3.34. The van der Waals surface area contributed by atoms with Crippen molar-refractivity contribution in [1.82, 2.24) is 10.6 Å². The van der Waals surface area contributed by atoms with Gasteiger partial charge in [-0.3, -0.25) is 4.79 Å². The number of hydrogen-bond acceptors (Lipinski definition) is 2. The van der Waals surface area contributed by atoms with Crippen molar-refractivity contribution in [2.45, 2.75) is 51.1 Å². The van der Waals surface area contributed by atoms with Gasteiger partial charge in [0.2, 0.25) is 5.91 Å². The van der Waals surface area contributed by atoms with E-state index in [1.54, 1.807) is 0 Å². The summed E-state index contributed by atoms with van der Waals surface area (Å²) in [7, 11) is 0. The maximum atomic E-state index is 12.2. The molecule has 1 aliphatic heterocycles. The van der Waals surface area contributed by atoms with Crippen LogP contribution in [0.15, 0.2) is 42.5 Å². The van der Waals surface area contributed by atoms with E-state index in [2.05, 4.69) is 16.0 Å². The highest BCUT2D eigenvalue weighted by Gasteiger charge is 2.26. The van der Waals surface area contributed by atoms with E-state index >= 15 is 0 Å². The predicted octanol–water partition coefficient (Wildman–Crippen LogP) is 3.80. The molecule has 25 heavy (non-hydrogen) atoms. The Morgan fingerprint density at radius 3 is 2.64 bits per heavy atom. The average molecular weight is 339 g/mol. The number of benzene rings is 2. The number of carbonyl (C=O) groups excluding carboxylic acids is 2. The van der Waals surface area contributed by atoms with Crippen LogP contribution in [-0.4, -0.2) is 24.0 Å². The van der Waals surface area contributed by atoms with Crippen LogP contribution in [0, 0.1) is 0 Å². The molecule has 1 heterocycles. The summed E-state index contributed by atoms with van der Waals surface area (Å²) < 4.78 is 0. The number of nitrogens with one attached hydrogen (secondary N) is 3. The molecule has 2 aromatic carbocycles. The topological polar surface area (TPSA) is 70.2 Å². The zero-order valence-electron chi connectivity index (χ0n) is 14.5. The Bertz CT molecular complexity index is 754. The highest BCUT2D eigenvalue weighted by atomic mass is 16.2. The van der Waals surface area contributed by atoms with Crippen molar-refractivity contribution < 1.29 is 9.59 Å². The third-order valence-corrected chi connectivity index (χ3v) is 4.76. The Labute approximate surface area is 148 Å². The second-order valence-electron chi connectivity index (χ2n) is 6.69. The van der Waals surface area contributed by atoms with Crippen LogP contribution in [0.25, 0.3) is 10.8 Å². The van der Waals surface area contributed by atoms with Crippen LogP contribution in [0.1, 0.15) is 39.0 Å². The molecule has 0 bridgehead atoms. The molecule has 0 spiro atoms. The fraction of sp³-hybridized carbons (Fsp3) is 0.400. The largest absolute Gasteiger partial charge is 0.334 e. The Morgan fingerprint density at radius 1 is 1.04 bits per heavy atom. The number of rotatable bonds is 7. The van der Waals surface area contributed by atoms with Crippen LogP contribution in [0.4, 0.5) is 10.5 Å². The molecule has 3 N–H and O–H groups in total. The third kappa shape index (κ3) is 4.50. The molecule has 0 aliphatic carbocycles. The maximum Gasteiger partial charge on any atom is 0.315 e. The van der Waals surface area contributed by atoms with Gasteiger partial charge in [-0.15, -0.1) is 0 Å². The van der Waals surface area contributed by atoms with Crippen molar-refractivity contribution in [2.75, 3.05) is 5.32 Å². The summed E-state index contributed by atoms with van der Waals surface area (Å²) >= 11 is 0. The van der Waals surface area contributed by atoms with Crippen LogP contribution >= 0.6 is 0 Å². The molecule has 2 aromatic rings. The number of amides is 3. The molecule has 3 amide bonds. The van der Waals surface area contributed by atoms with Gasteiger partial charge in [-0.2, -0.15) is 0 Å². The van der Waals surface area contributed by atoms with Crippen molar-refractivity contribution in [3.8, 4) is 0 Å². The molecule has 0 aromatic heterocycles. The van der Waals surface area contributed by atoms with Gasteiger partial charge in [0, 0.05) is 23.5 Å². The normalized spacial score (nSPS) is 19.5. The van der Waals surface area contributed by atoms with E-state index in [-0.39, 0.29) is 24.0 Å². The quantitative estimate of drug-likeness (QED) is 0.672. The number of unbranched alkanes of at least 4 members (excludes halogenated alkanes) is 2. The minimum absolute atomic E-state index is 0.0561. The predicted molar refractivity (Wildman–Crippen MR) is 101 cm³/mol. The fourth-order valence-corrected chi connectivity index (χ4v) is 3.34. The molecule has 1 aliphatic rings. The molecule has 132 valence electrons. The summed E-state index contributed by atoms with van der Waals surface area (Å²) in [6, 6.07) is 14.3. The van der Waals surface area contributed by atoms with Gasteiger partial charge in [0.1, 0.15) is 0 Å². The van der Waals surface area contributed by atoms with Crippen LogP contribution in [0.2, 0.25) is 0 Å². The third-order valence-electron chi connectivity index (χ3n) is 4.76. The Kier molecular flexibility index (Phi) is 5.53. The number of anilines is 1. The summed E-state index contributed by atoms with van der Waals surface area (Å²) in [5, 5.41) is 11.0. The second kappa shape index (κ2) is 8.01. The number of hydrogen-bond donors (Lipinski definition) is 3. The van der Waals surface area contributed by atoms with Gasteiger partial charge in [0.25, 0.3) is 0 Å². The molecule has 1 saturated heterocycles. The monoisotopic (exact) mass is 339 g/mol.